The minimum absolute atomic E-state index is 0.0526. The highest BCUT2D eigenvalue weighted by Gasteiger charge is 2.02. The zero-order valence-corrected chi connectivity index (χ0v) is 12.4. The van der Waals surface area contributed by atoms with Crippen LogP contribution >= 0.6 is 11.6 Å². The largest absolute Gasteiger partial charge is 0.497 e. The van der Waals surface area contributed by atoms with E-state index >= 15 is 0 Å². The SMILES string of the molecule is COc1ccc(Cl)c(NCc2ccc(OCC#N)cc2)c1. The number of methoxy groups -OCH3 is 1. The van der Waals surface area contributed by atoms with Gasteiger partial charge in [-0.15, -0.1) is 0 Å². The van der Waals surface area contributed by atoms with E-state index in [0.29, 0.717) is 17.3 Å². The Hall–Kier alpha value is -2.38. The predicted octanol–water partition coefficient (Wildman–Crippen LogP) is 3.86. The number of benzene rings is 2. The molecule has 0 atom stereocenters. The minimum atomic E-state index is 0.0526. The number of halogens is 1. The van der Waals surface area contributed by atoms with Crippen LogP contribution in [0, 0.1) is 11.3 Å². The lowest BCUT2D eigenvalue weighted by Gasteiger charge is -2.10. The molecule has 0 heterocycles. The molecule has 0 bridgehead atoms. The Kier molecular flexibility index (Phi) is 5.30. The molecule has 0 amide bonds. The average molecular weight is 303 g/mol. The van der Waals surface area contributed by atoms with Crippen molar-refractivity contribution in [3.05, 3.63) is 53.1 Å². The Bertz CT molecular complexity index is 636. The van der Waals surface area contributed by atoms with Crippen molar-refractivity contribution < 1.29 is 9.47 Å². The molecule has 108 valence electrons. The van der Waals surface area contributed by atoms with Gasteiger partial charge in [-0.1, -0.05) is 23.7 Å². The van der Waals surface area contributed by atoms with Crippen LogP contribution in [0.2, 0.25) is 5.02 Å². The first-order valence-corrected chi connectivity index (χ1v) is 6.77. The second kappa shape index (κ2) is 7.41. The maximum Gasteiger partial charge on any atom is 0.174 e. The minimum Gasteiger partial charge on any atom is -0.497 e. The molecular formula is C16H15ClN2O2. The van der Waals surface area contributed by atoms with E-state index in [1.807, 2.05) is 42.5 Å². The van der Waals surface area contributed by atoms with Crippen LogP contribution in [0.3, 0.4) is 0 Å². The highest BCUT2D eigenvalue weighted by atomic mass is 35.5. The van der Waals surface area contributed by atoms with E-state index in [-0.39, 0.29) is 6.61 Å². The zero-order chi connectivity index (χ0) is 15.1. The van der Waals surface area contributed by atoms with Gasteiger partial charge in [0.1, 0.15) is 17.6 Å². The molecule has 21 heavy (non-hydrogen) atoms. The van der Waals surface area contributed by atoms with E-state index < -0.39 is 0 Å². The van der Waals surface area contributed by atoms with Gasteiger partial charge in [0.25, 0.3) is 0 Å². The third-order valence-corrected chi connectivity index (χ3v) is 3.21. The van der Waals surface area contributed by atoms with Crippen molar-refractivity contribution in [2.75, 3.05) is 19.0 Å². The maximum atomic E-state index is 8.45. The number of nitrogens with one attached hydrogen (secondary N) is 1. The third-order valence-electron chi connectivity index (χ3n) is 2.88. The quantitative estimate of drug-likeness (QED) is 0.880. The lowest BCUT2D eigenvalue weighted by molar-refractivity contribution is 0.368. The number of nitriles is 1. The summed E-state index contributed by atoms with van der Waals surface area (Å²) in [6.07, 6.45) is 0. The molecule has 0 saturated carbocycles. The van der Waals surface area contributed by atoms with Crippen molar-refractivity contribution in [2.45, 2.75) is 6.54 Å². The smallest absolute Gasteiger partial charge is 0.174 e. The van der Waals surface area contributed by atoms with Crippen molar-refractivity contribution in [2.24, 2.45) is 0 Å². The van der Waals surface area contributed by atoms with Crippen molar-refractivity contribution in [1.82, 2.24) is 0 Å². The molecule has 4 nitrogen and oxygen atoms in total. The Morgan fingerprint density at radius 3 is 2.52 bits per heavy atom. The molecule has 2 aromatic rings. The molecule has 0 aliphatic rings. The van der Waals surface area contributed by atoms with Crippen LogP contribution in [0.5, 0.6) is 11.5 Å². The molecule has 0 fully saturated rings. The second-order valence-electron chi connectivity index (χ2n) is 4.29. The number of nitrogens with zero attached hydrogens (tertiary/aromatic N) is 1. The molecule has 1 N–H and O–H groups in total. The average Bonchev–Trinajstić information content (AvgIpc) is 2.53. The van der Waals surface area contributed by atoms with Crippen LogP contribution in [0.1, 0.15) is 5.56 Å². The van der Waals surface area contributed by atoms with E-state index in [0.717, 1.165) is 17.0 Å². The fourth-order valence-corrected chi connectivity index (χ4v) is 1.97. The molecule has 0 radical (unpaired) electrons. The van der Waals surface area contributed by atoms with Gasteiger partial charge in [0.05, 0.1) is 17.8 Å². The number of hydrogen-bond acceptors (Lipinski definition) is 4. The summed E-state index contributed by atoms with van der Waals surface area (Å²) in [5.74, 6) is 1.43. The van der Waals surface area contributed by atoms with Gasteiger partial charge in [-0.25, -0.2) is 0 Å². The normalized spacial score (nSPS) is 9.76. The third kappa shape index (κ3) is 4.30. The van der Waals surface area contributed by atoms with E-state index in [2.05, 4.69) is 5.32 Å². The lowest BCUT2D eigenvalue weighted by Crippen LogP contribution is -2.00. The second-order valence-corrected chi connectivity index (χ2v) is 4.70. The van der Waals surface area contributed by atoms with Gasteiger partial charge in [-0.2, -0.15) is 5.26 Å². The molecule has 0 aliphatic carbocycles. The zero-order valence-electron chi connectivity index (χ0n) is 11.6. The van der Waals surface area contributed by atoms with Crippen molar-refractivity contribution >= 4 is 17.3 Å². The van der Waals surface area contributed by atoms with E-state index in [1.54, 1.807) is 13.2 Å². The number of ether oxygens (including phenoxy) is 2. The summed E-state index contributed by atoms with van der Waals surface area (Å²) in [5.41, 5.74) is 1.90. The summed E-state index contributed by atoms with van der Waals surface area (Å²) >= 11 is 6.13. The van der Waals surface area contributed by atoms with Crippen molar-refractivity contribution in [3.8, 4) is 17.6 Å². The fourth-order valence-electron chi connectivity index (χ4n) is 1.78. The Labute approximate surface area is 128 Å². The summed E-state index contributed by atoms with van der Waals surface area (Å²) in [4.78, 5) is 0. The van der Waals surface area contributed by atoms with Crippen LogP contribution in [-0.4, -0.2) is 13.7 Å². The Morgan fingerprint density at radius 1 is 1.14 bits per heavy atom. The molecule has 5 heteroatoms. The van der Waals surface area contributed by atoms with Crippen LogP contribution in [0.15, 0.2) is 42.5 Å². The van der Waals surface area contributed by atoms with E-state index in [9.17, 15) is 0 Å². The van der Waals surface area contributed by atoms with Crippen LogP contribution in [-0.2, 0) is 6.54 Å². The first kappa shape index (κ1) is 15.0. The highest BCUT2D eigenvalue weighted by Crippen LogP contribution is 2.27. The van der Waals surface area contributed by atoms with Gasteiger partial charge in [0.15, 0.2) is 6.61 Å². The summed E-state index contributed by atoms with van der Waals surface area (Å²) in [5, 5.41) is 12.4. The maximum absolute atomic E-state index is 8.45. The van der Waals surface area contributed by atoms with Gasteiger partial charge < -0.3 is 14.8 Å². The molecule has 0 saturated heterocycles. The van der Waals surface area contributed by atoms with Crippen molar-refractivity contribution in [1.29, 1.82) is 5.26 Å². The summed E-state index contributed by atoms with van der Waals surface area (Å²) in [6, 6.07) is 14.9. The molecule has 0 aliphatic heterocycles. The first-order chi connectivity index (χ1) is 10.2. The number of rotatable bonds is 6. The molecule has 2 aromatic carbocycles. The standard InChI is InChI=1S/C16H15ClN2O2/c1-20-14-6-7-15(17)16(10-14)19-11-12-2-4-13(5-3-12)21-9-8-18/h2-7,10,19H,9,11H2,1H3. The molecule has 0 aromatic heterocycles. The first-order valence-electron chi connectivity index (χ1n) is 6.39. The van der Waals surface area contributed by atoms with Crippen LogP contribution < -0.4 is 14.8 Å². The molecule has 0 unspecified atom stereocenters. The Morgan fingerprint density at radius 2 is 1.86 bits per heavy atom. The van der Waals surface area contributed by atoms with Gasteiger partial charge in [-0.3, -0.25) is 0 Å². The number of hydrogen-bond donors (Lipinski definition) is 1. The predicted molar refractivity (Wildman–Crippen MR) is 82.9 cm³/mol. The highest BCUT2D eigenvalue weighted by molar-refractivity contribution is 6.33. The van der Waals surface area contributed by atoms with E-state index in [4.69, 9.17) is 26.3 Å². The van der Waals surface area contributed by atoms with Gasteiger partial charge in [0, 0.05) is 12.6 Å². The van der Waals surface area contributed by atoms with Gasteiger partial charge >= 0.3 is 0 Å². The van der Waals surface area contributed by atoms with Crippen molar-refractivity contribution in [3.63, 3.8) is 0 Å². The van der Waals surface area contributed by atoms with Gasteiger partial charge in [-0.05, 0) is 29.8 Å². The summed E-state index contributed by atoms with van der Waals surface area (Å²) in [6.45, 7) is 0.683. The fraction of sp³-hybridized carbons (Fsp3) is 0.188. The topological polar surface area (TPSA) is 54.3 Å². The van der Waals surface area contributed by atoms with E-state index in [1.165, 1.54) is 0 Å². The molecular weight excluding hydrogens is 288 g/mol. The molecule has 0 spiro atoms. The van der Waals surface area contributed by atoms with Gasteiger partial charge in [0.2, 0.25) is 0 Å². The summed E-state index contributed by atoms with van der Waals surface area (Å²) in [7, 11) is 1.62. The lowest BCUT2D eigenvalue weighted by atomic mass is 10.2. The monoisotopic (exact) mass is 302 g/mol. The Balaban J connectivity index is 1.98. The van der Waals surface area contributed by atoms with Crippen LogP contribution in [0.25, 0.3) is 0 Å². The number of anilines is 1. The molecule has 2 rings (SSSR count). The summed E-state index contributed by atoms with van der Waals surface area (Å²) < 4.78 is 10.4. The van der Waals surface area contributed by atoms with Crippen LogP contribution in [0.4, 0.5) is 5.69 Å².